The van der Waals surface area contributed by atoms with Gasteiger partial charge in [-0.15, -0.1) is 0 Å². The first-order valence-corrected chi connectivity index (χ1v) is 10.4. The Morgan fingerprint density at radius 3 is 2.61 bits per heavy atom. The Labute approximate surface area is 188 Å². The number of halogens is 3. The first-order chi connectivity index (χ1) is 15.7. The highest BCUT2D eigenvalue weighted by Crippen LogP contribution is 2.31. The van der Waals surface area contributed by atoms with E-state index in [4.69, 9.17) is 4.74 Å². The van der Waals surface area contributed by atoms with E-state index in [0.29, 0.717) is 23.1 Å². The van der Waals surface area contributed by atoms with Crippen molar-refractivity contribution >= 4 is 22.6 Å². The summed E-state index contributed by atoms with van der Waals surface area (Å²) in [6.45, 7) is 2.34. The number of amides is 2. The molecule has 0 spiro atoms. The summed E-state index contributed by atoms with van der Waals surface area (Å²) in [6.07, 6.45) is -4.10. The highest BCUT2D eigenvalue weighted by Gasteiger charge is 2.31. The zero-order valence-corrected chi connectivity index (χ0v) is 18.5. The Kier molecular flexibility index (Phi) is 7.37. The van der Waals surface area contributed by atoms with Gasteiger partial charge in [0.25, 0.3) is 5.56 Å². The van der Waals surface area contributed by atoms with Gasteiger partial charge in [-0.1, -0.05) is 25.1 Å². The van der Waals surface area contributed by atoms with Crippen LogP contribution in [0.2, 0.25) is 0 Å². The number of nitrogens with one attached hydrogen (secondary N) is 1. The highest BCUT2D eigenvalue weighted by molar-refractivity contribution is 5.89. The van der Waals surface area contributed by atoms with Crippen molar-refractivity contribution in [1.82, 2.24) is 14.5 Å². The standard InChI is InChI=1S/C23H25F3N4O3/c1-4-19(29(2)22(32)27-16-9-7-8-15(14-16)23(24,25)26)20-28-18-11-6-5-10-17(18)21(31)30(20)12-13-33-3/h5-11,14,19H,4,12-13H2,1-3H3,(H,27,32). The molecule has 0 aliphatic carbocycles. The molecule has 33 heavy (non-hydrogen) atoms. The molecule has 7 nitrogen and oxygen atoms in total. The Hall–Kier alpha value is -3.40. The van der Waals surface area contributed by atoms with Crippen molar-refractivity contribution in [2.24, 2.45) is 0 Å². The number of urea groups is 1. The Morgan fingerprint density at radius 1 is 1.21 bits per heavy atom. The molecule has 0 radical (unpaired) electrons. The summed E-state index contributed by atoms with van der Waals surface area (Å²) < 4.78 is 45.6. The maximum atomic E-state index is 13.1. The monoisotopic (exact) mass is 462 g/mol. The molecule has 1 N–H and O–H groups in total. The number of methoxy groups -OCH3 is 1. The highest BCUT2D eigenvalue weighted by atomic mass is 19.4. The lowest BCUT2D eigenvalue weighted by Crippen LogP contribution is -2.39. The fourth-order valence-corrected chi connectivity index (χ4v) is 3.59. The van der Waals surface area contributed by atoms with Gasteiger partial charge in [0.15, 0.2) is 0 Å². The van der Waals surface area contributed by atoms with Crippen LogP contribution in [0.5, 0.6) is 0 Å². The number of ether oxygens (including phenoxy) is 1. The van der Waals surface area contributed by atoms with E-state index < -0.39 is 23.8 Å². The quantitative estimate of drug-likeness (QED) is 0.553. The molecule has 176 valence electrons. The molecule has 1 aromatic heterocycles. The molecule has 0 bridgehead atoms. The van der Waals surface area contributed by atoms with Gasteiger partial charge in [0.1, 0.15) is 5.82 Å². The zero-order chi connectivity index (χ0) is 24.2. The number of carbonyl (C=O) groups is 1. The number of fused-ring (bicyclic) bond motifs is 1. The summed E-state index contributed by atoms with van der Waals surface area (Å²) in [5, 5.41) is 2.95. The fraction of sp³-hybridized carbons (Fsp3) is 0.348. The van der Waals surface area contributed by atoms with Gasteiger partial charge in [-0.2, -0.15) is 13.2 Å². The predicted molar refractivity (Wildman–Crippen MR) is 119 cm³/mol. The topological polar surface area (TPSA) is 76.5 Å². The van der Waals surface area contributed by atoms with E-state index in [1.165, 1.54) is 35.8 Å². The van der Waals surface area contributed by atoms with Gasteiger partial charge in [0, 0.05) is 19.8 Å². The van der Waals surface area contributed by atoms with Gasteiger partial charge >= 0.3 is 12.2 Å². The molecule has 3 aromatic rings. The van der Waals surface area contributed by atoms with Crippen molar-refractivity contribution in [2.75, 3.05) is 26.1 Å². The van der Waals surface area contributed by atoms with E-state index in [1.807, 2.05) is 6.92 Å². The van der Waals surface area contributed by atoms with E-state index in [9.17, 15) is 22.8 Å². The molecule has 2 aromatic carbocycles. The van der Waals surface area contributed by atoms with E-state index in [0.717, 1.165) is 12.1 Å². The molecule has 1 heterocycles. The number of benzene rings is 2. The smallest absolute Gasteiger partial charge is 0.383 e. The molecule has 0 fully saturated rings. The van der Waals surface area contributed by atoms with Crippen LogP contribution in [0.1, 0.15) is 30.8 Å². The maximum Gasteiger partial charge on any atom is 0.416 e. The number of carbonyl (C=O) groups excluding carboxylic acids is 1. The lowest BCUT2D eigenvalue weighted by Gasteiger charge is -2.29. The normalized spacial score (nSPS) is 12.5. The first-order valence-electron chi connectivity index (χ1n) is 10.4. The average Bonchev–Trinajstić information content (AvgIpc) is 2.79. The van der Waals surface area contributed by atoms with Crippen molar-refractivity contribution in [2.45, 2.75) is 32.1 Å². The number of aromatic nitrogens is 2. The number of hydrogen-bond acceptors (Lipinski definition) is 4. The van der Waals surface area contributed by atoms with Crippen LogP contribution in [0.15, 0.2) is 53.3 Å². The maximum absolute atomic E-state index is 13.1. The molecular weight excluding hydrogens is 437 g/mol. The van der Waals surface area contributed by atoms with Crippen molar-refractivity contribution < 1.29 is 22.7 Å². The van der Waals surface area contributed by atoms with Crippen LogP contribution in [0.4, 0.5) is 23.7 Å². The molecule has 1 atom stereocenters. The summed E-state index contributed by atoms with van der Waals surface area (Å²) >= 11 is 0. The molecule has 2 amide bonds. The van der Waals surface area contributed by atoms with Crippen LogP contribution in [-0.4, -0.2) is 41.2 Å². The first kappa shape index (κ1) is 24.2. The second kappa shape index (κ2) is 10.0. The number of anilines is 1. The lowest BCUT2D eigenvalue weighted by atomic mass is 10.1. The molecule has 0 saturated heterocycles. The summed E-state index contributed by atoms with van der Waals surface area (Å²) in [7, 11) is 3.03. The number of rotatable bonds is 7. The zero-order valence-electron chi connectivity index (χ0n) is 18.5. The van der Waals surface area contributed by atoms with Crippen molar-refractivity contribution in [3.05, 3.63) is 70.3 Å². The van der Waals surface area contributed by atoms with Gasteiger partial charge in [-0.05, 0) is 36.8 Å². The average molecular weight is 462 g/mol. The number of para-hydroxylation sites is 1. The van der Waals surface area contributed by atoms with Gasteiger partial charge in [-0.3, -0.25) is 9.36 Å². The SMILES string of the molecule is CCC(c1nc2ccccc2c(=O)n1CCOC)N(C)C(=O)Nc1cccc(C(F)(F)F)c1. The summed E-state index contributed by atoms with van der Waals surface area (Å²) in [6, 6.07) is 10.1. The molecule has 1 unspecified atom stereocenters. The van der Waals surface area contributed by atoms with Gasteiger partial charge in [-0.25, -0.2) is 9.78 Å². The molecule has 0 saturated carbocycles. The summed E-state index contributed by atoms with van der Waals surface area (Å²) in [4.78, 5) is 32.0. The van der Waals surface area contributed by atoms with Crippen LogP contribution in [0.25, 0.3) is 10.9 Å². The molecular formula is C23H25F3N4O3. The van der Waals surface area contributed by atoms with Gasteiger partial charge in [0.05, 0.1) is 35.7 Å². The summed E-state index contributed by atoms with van der Waals surface area (Å²) in [5.74, 6) is 0.375. The lowest BCUT2D eigenvalue weighted by molar-refractivity contribution is -0.137. The van der Waals surface area contributed by atoms with Crippen LogP contribution in [0, 0.1) is 0 Å². The molecule has 0 aliphatic rings. The Bertz CT molecular complexity index is 1190. The summed E-state index contributed by atoms with van der Waals surface area (Å²) in [5.41, 5.74) is -0.603. The third kappa shape index (κ3) is 5.33. The van der Waals surface area contributed by atoms with Crippen LogP contribution < -0.4 is 10.9 Å². The number of nitrogens with zero attached hydrogens (tertiary/aromatic N) is 3. The van der Waals surface area contributed by atoms with E-state index in [-0.39, 0.29) is 24.4 Å². The van der Waals surface area contributed by atoms with Crippen molar-refractivity contribution in [3.63, 3.8) is 0 Å². The van der Waals surface area contributed by atoms with E-state index >= 15 is 0 Å². The van der Waals surface area contributed by atoms with Crippen molar-refractivity contribution in [3.8, 4) is 0 Å². The molecule has 3 rings (SSSR count). The van der Waals surface area contributed by atoms with Gasteiger partial charge < -0.3 is 15.0 Å². The minimum atomic E-state index is -4.52. The van der Waals surface area contributed by atoms with Gasteiger partial charge in [0.2, 0.25) is 0 Å². The third-order valence-electron chi connectivity index (χ3n) is 5.32. The van der Waals surface area contributed by atoms with Crippen LogP contribution in [0.3, 0.4) is 0 Å². The molecule has 10 heteroatoms. The number of alkyl halides is 3. The van der Waals surface area contributed by atoms with Crippen LogP contribution >= 0.6 is 0 Å². The second-order valence-electron chi connectivity index (χ2n) is 7.48. The van der Waals surface area contributed by atoms with Crippen LogP contribution in [-0.2, 0) is 17.5 Å². The minimum Gasteiger partial charge on any atom is -0.383 e. The Morgan fingerprint density at radius 2 is 1.94 bits per heavy atom. The third-order valence-corrected chi connectivity index (χ3v) is 5.32. The fourth-order valence-electron chi connectivity index (χ4n) is 3.59. The number of hydrogen-bond donors (Lipinski definition) is 1. The minimum absolute atomic E-state index is 0.0137. The predicted octanol–water partition coefficient (Wildman–Crippen LogP) is 4.68. The Balaban J connectivity index is 1.96. The second-order valence-corrected chi connectivity index (χ2v) is 7.48. The molecule has 0 aliphatic heterocycles. The largest absolute Gasteiger partial charge is 0.416 e. The van der Waals surface area contributed by atoms with E-state index in [1.54, 1.807) is 24.3 Å². The van der Waals surface area contributed by atoms with E-state index in [2.05, 4.69) is 10.3 Å². The van der Waals surface area contributed by atoms with Crippen molar-refractivity contribution in [1.29, 1.82) is 0 Å².